The second-order valence-electron chi connectivity index (χ2n) is 4.91. The Labute approximate surface area is 118 Å². The van der Waals surface area contributed by atoms with Gasteiger partial charge in [0.1, 0.15) is 5.75 Å². The lowest BCUT2D eigenvalue weighted by molar-refractivity contribution is -0.128. The van der Waals surface area contributed by atoms with E-state index < -0.39 is 6.10 Å². The van der Waals surface area contributed by atoms with E-state index in [-0.39, 0.29) is 11.9 Å². The number of amides is 1. The molecule has 104 valence electrons. The Hall–Kier alpha value is -1.26. The van der Waals surface area contributed by atoms with Crippen LogP contribution in [0.3, 0.4) is 0 Å². The third-order valence-corrected chi connectivity index (χ3v) is 3.49. The van der Waals surface area contributed by atoms with Crippen LogP contribution in [0.5, 0.6) is 5.75 Å². The Morgan fingerprint density at radius 2 is 2.32 bits per heavy atom. The average Bonchev–Trinajstić information content (AvgIpc) is 3.19. The van der Waals surface area contributed by atoms with Gasteiger partial charge in [-0.2, -0.15) is 0 Å². The Morgan fingerprint density at radius 3 is 2.89 bits per heavy atom. The predicted octanol–water partition coefficient (Wildman–Crippen LogP) is 1.96. The smallest absolute Gasteiger partial charge is 0.261 e. The molecule has 0 heterocycles. The summed E-state index contributed by atoms with van der Waals surface area (Å²) in [5.41, 5.74) is 5.66. The standard InChI is InChI=1S/C14H19ClN2O2/c1-9(19-12-4-2-3-11(15)7-12)14(18)17-13(8-16)10-5-6-10/h2-4,7,9-10,13H,5-6,8,16H2,1H3,(H,17,18). The molecule has 0 aromatic heterocycles. The molecule has 0 aliphatic heterocycles. The molecule has 19 heavy (non-hydrogen) atoms. The topological polar surface area (TPSA) is 64.3 Å². The number of carbonyl (C=O) groups excluding carboxylic acids is 1. The summed E-state index contributed by atoms with van der Waals surface area (Å²) in [4.78, 5) is 12.0. The van der Waals surface area contributed by atoms with Crippen molar-refractivity contribution in [2.75, 3.05) is 6.54 Å². The van der Waals surface area contributed by atoms with Gasteiger partial charge in [-0.25, -0.2) is 0 Å². The van der Waals surface area contributed by atoms with E-state index in [4.69, 9.17) is 22.1 Å². The number of carbonyl (C=O) groups is 1. The Morgan fingerprint density at radius 1 is 1.58 bits per heavy atom. The van der Waals surface area contributed by atoms with Crippen LogP contribution >= 0.6 is 11.6 Å². The summed E-state index contributed by atoms with van der Waals surface area (Å²) >= 11 is 5.87. The van der Waals surface area contributed by atoms with Gasteiger partial charge in [0, 0.05) is 17.6 Å². The number of ether oxygens (including phenoxy) is 1. The minimum Gasteiger partial charge on any atom is -0.481 e. The first-order chi connectivity index (χ1) is 9.10. The Balaban J connectivity index is 1.88. The van der Waals surface area contributed by atoms with Gasteiger partial charge in [-0.05, 0) is 43.9 Å². The third kappa shape index (κ3) is 4.11. The van der Waals surface area contributed by atoms with Crippen molar-refractivity contribution in [3.63, 3.8) is 0 Å². The van der Waals surface area contributed by atoms with Crippen molar-refractivity contribution in [2.45, 2.75) is 31.9 Å². The number of benzene rings is 1. The van der Waals surface area contributed by atoms with Crippen molar-refractivity contribution >= 4 is 17.5 Å². The van der Waals surface area contributed by atoms with Gasteiger partial charge >= 0.3 is 0 Å². The molecule has 3 N–H and O–H groups in total. The highest BCUT2D eigenvalue weighted by Gasteiger charge is 2.32. The summed E-state index contributed by atoms with van der Waals surface area (Å²) in [5.74, 6) is 0.987. The molecule has 0 saturated heterocycles. The largest absolute Gasteiger partial charge is 0.481 e. The predicted molar refractivity (Wildman–Crippen MR) is 75.3 cm³/mol. The molecule has 0 bridgehead atoms. The van der Waals surface area contributed by atoms with E-state index in [0.29, 0.717) is 23.2 Å². The number of nitrogens with two attached hydrogens (primary N) is 1. The summed E-state index contributed by atoms with van der Waals surface area (Å²) in [6.45, 7) is 2.19. The Kier molecular flexibility index (Phi) is 4.66. The monoisotopic (exact) mass is 282 g/mol. The molecule has 2 unspecified atom stereocenters. The van der Waals surface area contributed by atoms with E-state index in [1.54, 1.807) is 31.2 Å². The first kappa shape index (κ1) is 14.2. The molecular weight excluding hydrogens is 264 g/mol. The van der Waals surface area contributed by atoms with Gasteiger partial charge < -0.3 is 15.8 Å². The lowest BCUT2D eigenvalue weighted by atomic mass is 10.2. The maximum Gasteiger partial charge on any atom is 0.261 e. The van der Waals surface area contributed by atoms with Crippen molar-refractivity contribution in [3.05, 3.63) is 29.3 Å². The number of nitrogens with one attached hydrogen (secondary N) is 1. The van der Waals surface area contributed by atoms with Gasteiger partial charge in [0.25, 0.3) is 5.91 Å². The van der Waals surface area contributed by atoms with Crippen LogP contribution in [0.15, 0.2) is 24.3 Å². The summed E-state index contributed by atoms with van der Waals surface area (Å²) in [6.07, 6.45) is 1.73. The normalized spacial score (nSPS) is 17.6. The molecule has 1 aromatic rings. The SMILES string of the molecule is CC(Oc1cccc(Cl)c1)C(=O)NC(CN)C1CC1. The van der Waals surface area contributed by atoms with E-state index in [2.05, 4.69) is 5.32 Å². The van der Waals surface area contributed by atoms with Gasteiger partial charge in [0.05, 0.1) is 0 Å². The lowest BCUT2D eigenvalue weighted by Crippen LogP contribution is -2.46. The second-order valence-corrected chi connectivity index (χ2v) is 5.34. The van der Waals surface area contributed by atoms with Gasteiger partial charge in [0.15, 0.2) is 6.10 Å². The highest BCUT2D eigenvalue weighted by atomic mass is 35.5. The van der Waals surface area contributed by atoms with Crippen LogP contribution in [0.25, 0.3) is 0 Å². The maximum absolute atomic E-state index is 12.0. The summed E-state index contributed by atoms with van der Waals surface area (Å²) in [6, 6.07) is 7.08. The first-order valence-electron chi connectivity index (χ1n) is 6.53. The van der Waals surface area contributed by atoms with Crippen LogP contribution in [-0.2, 0) is 4.79 Å². The number of hydrogen-bond acceptors (Lipinski definition) is 3. The third-order valence-electron chi connectivity index (χ3n) is 3.25. The van der Waals surface area contributed by atoms with Gasteiger partial charge in [0.2, 0.25) is 0 Å². The average molecular weight is 283 g/mol. The maximum atomic E-state index is 12.0. The fourth-order valence-corrected chi connectivity index (χ4v) is 2.15. The molecule has 4 nitrogen and oxygen atoms in total. The molecule has 1 fully saturated rings. The zero-order valence-electron chi connectivity index (χ0n) is 10.9. The summed E-state index contributed by atoms with van der Waals surface area (Å²) in [5, 5.41) is 3.53. The molecule has 2 atom stereocenters. The van der Waals surface area contributed by atoms with Crippen LogP contribution in [0.4, 0.5) is 0 Å². The highest BCUT2D eigenvalue weighted by Crippen LogP contribution is 2.32. The molecule has 1 amide bonds. The zero-order chi connectivity index (χ0) is 13.8. The minimum atomic E-state index is -0.564. The van der Waals surface area contributed by atoms with Crippen LogP contribution in [0.1, 0.15) is 19.8 Å². The quantitative estimate of drug-likeness (QED) is 0.838. The molecule has 5 heteroatoms. The molecule has 1 aromatic carbocycles. The molecule has 0 spiro atoms. The molecule has 1 saturated carbocycles. The van der Waals surface area contributed by atoms with E-state index in [1.807, 2.05) is 0 Å². The van der Waals surface area contributed by atoms with Crippen molar-refractivity contribution in [3.8, 4) is 5.75 Å². The highest BCUT2D eigenvalue weighted by molar-refractivity contribution is 6.30. The molecule has 0 radical (unpaired) electrons. The fraction of sp³-hybridized carbons (Fsp3) is 0.500. The minimum absolute atomic E-state index is 0.0675. The van der Waals surface area contributed by atoms with E-state index in [9.17, 15) is 4.79 Å². The Bertz CT molecular complexity index is 449. The van der Waals surface area contributed by atoms with Crippen molar-refractivity contribution < 1.29 is 9.53 Å². The van der Waals surface area contributed by atoms with E-state index in [1.165, 1.54) is 0 Å². The van der Waals surface area contributed by atoms with Crippen LogP contribution in [-0.4, -0.2) is 24.6 Å². The first-order valence-corrected chi connectivity index (χ1v) is 6.90. The zero-order valence-corrected chi connectivity index (χ0v) is 11.7. The molecule has 2 rings (SSSR count). The van der Waals surface area contributed by atoms with Gasteiger partial charge in [-0.3, -0.25) is 4.79 Å². The van der Waals surface area contributed by atoms with Gasteiger partial charge in [-0.15, -0.1) is 0 Å². The molecule has 1 aliphatic carbocycles. The molecular formula is C14H19ClN2O2. The van der Waals surface area contributed by atoms with Crippen LogP contribution < -0.4 is 15.8 Å². The van der Waals surface area contributed by atoms with Gasteiger partial charge in [-0.1, -0.05) is 17.7 Å². The number of halogens is 1. The lowest BCUT2D eigenvalue weighted by Gasteiger charge is -2.20. The summed E-state index contributed by atoms with van der Waals surface area (Å²) in [7, 11) is 0. The van der Waals surface area contributed by atoms with Crippen molar-refractivity contribution in [1.29, 1.82) is 0 Å². The fourth-order valence-electron chi connectivity index (χ4n) is 1.97. The molecule has 1 aliphatic rings. The van der Waals surface area contributed by atoms with E-state index in [0.717, 1.165) is 12.8 Å². The number of hydrogen-bond donors (Lipinski definition) is 2. The second kappa shape index (κ2) is 6.26. The van der Waals surface area contributed by atoms with Crippen LogP contribution in [0.2, 0.25) is 5.02 Å². The summed E-state index contributed by atoms with van der Waals surface area (Å²) < 4.78 is 5.57. The van der Waals surface area contributed by atoms with Crippen molar-refractivity contribution in [2.24, 2.45) is 11.7 Å². The number of rotatable bonds is 6. The van der Waals surface area contributed by atoms with Crippen LogP contribution in [0, 0.1) is 5.92 Å². The van der Waals surface area contributed by atoms with Crippen molar-refractivity contribution in [1.82, 2.24) is 5.32 Å². The van der Waals surface area contributed by atoms with E-state index >= 15 is 0 Å².